The Balaban J connectivity index is 3.02. The van der Waals surface area contributed by atoms with Crippen molar-refractivity contribution in [1.29, 1.82) is 0 Å². The number of aliphatic carboxylic acids is 1. The number of thiophene rings is 1. The predicted molar refractivity (Wildman–Crippen MR) is 63.1 cm³/mol. The monoisotopic (exact) mass is 293 g/mol. The summed E-state index contributed by atoms with van der Waals surface area (Å²) in [6.07, 6.45) is 0. The molecule has 0 atom stereocenters. The molecule has 0 aliphatic rings. The third-order valence-corrected chi connectivity index (χ3v) is 4.87. The molecule has 0 amide bonds. The van der Waals surface area contributed by atoms with Crippen LogP contribution in [0.4, 0.5) is 0 Å². The van der Waals surface area contributed by atoms with Crippen LogP contribution in [0.2, 0.25) is 0 Å². The molecule has 0 aromatic carbocycles. The maximum Gasteiger partial charge on any atom is 0.348 e. The Bertz CT molecular complexity index is 561. The summed E-state index contributed by atoms with van der Waals surface area (Å²) in [6, 6.07) is 1.16. The molecule has 18 heavy (non-hydrogen) atoms. The first-order valence-corrected chi connectivity index (χ1v) is 6.96. The molecule has 1 heterocycles. The van der Waals surface area contributed by atoms with Crippen molar-refractivity contribution in [3.05, 3.63) is 16.3 Å². The van der Waals surface area contributed by atoms with Crippen molar-refractivity contribution in [1.82, 2.24) is 4.31 Å². The van der Waals surface area contributed by atoms with Crippen LogP contribution < -0.4 is 0 Å². The third-order valence-electron chi connectivity index (χ3n) is 2.03. The van der Waals surface area contributed by atoms with Gasteiger partial charge in [-0.25, -0.2) is 13.2 Å². The van der Waals surface area contributed by atoms with Gasteiger partial charge >= 0.3 is 11.9 Å². The van der Waals surface area contributed by atoms with Crippen molar-refractivity contribution >= 4 is 33.3 Å². The number of sulfonamides is 1. The van der Waals surface area contributed by atoms with Crippen LogP contribution in [0, 0.1) is 0 Å². The summed E-state index contributed by atoms with van der Waals surface area (Å²) in [5.74, 6) is -1.90. The molecule has 7 nitrogen and oxygen atoms in total. The average molecular weight is 293 g/mol. The Kier molecular flexibility index (Phi) is 4.43. The molecule has 1 rings (SSSR count). The number of carbonyl (C=O) groups is 2. The number of rotatable bonds is 5. The number of carboxylic acid groups (broad SMARTS) is 1. The standard InChI is InChI=1S/C9H11NO6S2/c1-10(4-8(11)12)18(14,15)6-3-7(17-5-6)9(13)16-2/h3,5H,4H2,1-2H3,(H,11,12). The second-order valence-corrected chi connectivity index (χ2v) is 6.25. The van der Waals surface area contributed by atoms with Gasteiger partial charge in [0.1, 0.15) is 11.4 Å². The van der Waals surface area contributed by atoms with Gasteiger partial charge in [0.05, 0.1) is 12.0 Å². The maximum absolute atomic E-state index is 11.9. The van der Waals surface area contributed by atoms with E-state index in [0.29, 0.717) is 4.31 Å². The van der Waals surface area contributed by atoms with E-state index in [1.165, 1.54) is 12.5 Å². The summed E-state index contributed by atoms with van der Waals surface area (Å²) in [4.78, 5) is 21.7. The van der Waals surface area contributed by atoms with Crippen molar-refractivity contribution in [2.75, 3.05) is 20.7 Å². The lowest BCUT2D eigenvalue weighted by Gasteiger charge is -2.13. The number of hydrogen-bond acceptors (Lipinski definition) is 6. The van der Waals surface area contributed by atoms with Gasteiger partial charge in [-0.05, 0) is 6.07 Å². The third kappa shape index (κ3) is 3.06. The van der Waals surface area contributed by atoms with Gasteiger partial charge in [-0.2, -0.15) is 4.31 Å². The van der Waals surface area contributed by atoms with Gasteiger partial charge in [0.25, 0.3) is 0 Å². The quantitative estimate of drug-likeness (QED) is 0.780. The Morgan fingerprint density at radius 2 is 2.11 bits per heavy atom. The van der Waals surface area contributed by atoms with Gasteiger partial charge in [-0.3, -0.25) is 4.79 Å². The van der Waals surface area contributed by atoms with Crippen molar-refractivity contribution in [2.45, 2.75) is 4.90 Å². The second kappa shape index (κ2) is 5.46. The fourth-order valence-corrected chi connectivity index (χ4v) is 3.42. The number of carboxylic acids is 1. The van der Waals surface area contributed by atoms with Gasteiger partial charge in [-0.15, -0.1) is 11.3 Å². The van der Waals surface area contributed by atoms with E-state index in [4.69, 9.17) is 5.11 Å². The van der Waals surface area contributed by atoms with Crippen molar-refractivity contribution < 1.29 is 27.9 Å². The van der Waals surface area contributed by atoms with Crippen LogP contribution in [-0.2, 0) is 19.6 Å². The van der Waals surface area contributed by atoms with E-state index in [-0.39, 0.29) is 9.77 Å². The molecule has 0 aliphatic carbocycles. The molecule has 100 valence electrons. The summed E-state index contributed by atoms with van der Waals surface area (Å²) >= 11 is 0.918. The Labute approximate surface area is 108 Å². The number of nitrogens with zero attached hydrogens (tertiary/aromatic N) is 1. The Morgan fingerprint density at radius 1 is 1.50 bits per heavy atom. The predicted octanol–water partition coefficient (Wildman–Crippen LogP) is 0.240. The highest BCUT2D eigenvalue weighted by molar-refractivity contribution is 7.89. The zero-order valence-corrected chi connectivity index (χ0v) is 11.2. The maximum atomic E-state index is 11.9. The van der Waals surface area contributed by atoms with Gasteiger partial charge in [0.2, 0.25) is 10.0 Å². The number of hydrogen-bond donors (Lipinski definition) is 1. The fraction of sp³-hybridized carbons (Fsp3) is 0.333. The van der Waals surface area contributed by atoms with Gasteiger partial charge < -0.3 is 9.84 Å². The number of ether oxygens (including phenoxy) is 1. The smallest absolute Gasteiger partial charge is 0.348 e. The first-order chi connectivity index (χ1) is 8.28. The van der Waals surface area contributed by atoms with E-state index in [2.05, 4.69) is 4.74 Å². The molecule has 0 unspecified atom stereocenters. The summed E-state index contributed by atoms with van der Waals surface area (Å²) < 4.78 is 29.0. The molecular formula is C9H11NO6S2. The molecule has 1 N–H and O–H groups in total. The van der Waals surface area contributed by atoms with Gasteiger partial charge in [-0.1, -0.05) is 0 Å². The number of esters is 1. The summed E-state index contributed by atoms with van der Waals surface area (Å²) in [5.41, 5.74) is 0. The van der Waals surface area contributed by atoms with Gasteiger partial charge in [0.15, 0.2) is 0 Å². The van der Waals surface area contributed by atoms with Crippen molar-refractivity contribution in [3.63, 3.8) is 0 Å². The lowest BCUT2D eigenvalue weighted by Crippen LogP contribution is -2.31. The second-order valence-electron chi connectivity index (χ2n) is 3.29. The minimum atomic E-state index is -3.90. The Morgan fingerprint density at radius 3 is 2.61 bits per heavy atom. The van der Waals surface area contributed by atoms with E-state index in [1.54, 1.807) is 0 Å². The van der Waals surface area contributed by atoms with E-state index in [9.17, 15) is 18.0 Å². The zero-order chi connectivity index (χ0) is 13.9. The highest BCUT2D eigenvalue weighted by atomic mass is 32.2. The van der Waals surface area contributed by atoms with Crippen molar-refractivity contribution in [2.24, 2.45) is 0 Å². The average Bonchev–Trinajstić information content (AvgIpc) is 2.76. The van der Waals surface area contributed by atoms with Crippen LogP contribution in [0.3, 0.4) is 0 Å². The van der Waals surface area contributed by atoms with E-state index < -0.39 is 28.5 Å². The highest BCUT2D eigenvalue weighted by Gasteiger charge is 2.25. The molecular weight excluding hydrogens is 282 g/mol. The number of carbonyl (C=O) groups excluding carboxylic acids is 1. The first kappa shape index (κ1) is 14.6. The van der Waals surface area contributed by atoms with Crippen LogP contribution in [0.25, 0.3) is 0 Å². The molecule has 1 aromatic rings. The zero-order valence-electron chi connectivity index (χ0n) is 9.61. The lowest BCUT2D eigenvalue weighted by atomic mass is 10.5. The van der Waals surface area contributed by atoms with Gasteiger partial charge in [0, 0.05) is 12.4 Å². The molecule has 0 aliphatic heterocycles. The SMILES string of the molecule is COC(=O)c1cc(S(=O)(=O)N(C)CC(=O)O)cs1. The normalized spacial score (nSPS) is 11.5. The molecule has 0 radical (unpaired) electrons. The van der Waals surface area contributed by atoms with Crippen LogP contribution in [0.15, 0.2) is 16.3 Å². The summed E-state index contributed by atoms with van der Waals surface area (Å²) in [6.45, 7) is -0.647. The van der Waals surface area contributed by atoms with Crippen LogP contribution >= 0.6 is 11.3 Å². The van der Waals surface area contributed by atoms with E-state index >= 15 is 0 Å². The topological polar surface area (TPSA) is 101 Å². The lowest BCUT2D eigenvalue weighted by molar-refractivity contribution is -0.137. The summed E-state index contributed by atoms with van der Waals surface area (Å²) in [5, 5.41) is 9.81. The number of methoxy groups -OCH3 is 1. The minimum absolute atomic E-state index is 0.128. The molecule has 0 saturated carbocycles. The van der Waals surface area contributed by atoms with Crippen LogP contribution in [0.5, 0.6) is 0 Å². The molecule has 0 fully saturated rings. The largest absolute Gasteiger partial charge is 0.480 e. The van der Waals surface area contributed by atoms with E-state index in [0.717, 1.165) is 24.5 Å². The molecule has 0 saturated heterocycles. The molecule has 0 spiro atoms. The Hall–Kier alpha value is -1.45. The molecule has 9 heteroatoms. The van der Waals surface area contributed by atoms with E-state index in [1.807, 2.05) is 0 Å². The minimum Gasteiger partial charge on any atom is -0.480 e. The fourth-order valence-electron chi connectivity index (χ4n) is 1.12. The summed E-state index contributed by atoms with van der Waals surface area (Å²) in [7, 11) is -1.56. The number of likely N-dealkylation sites (N-methyl/N-ethyl adjacent to an activating group) is 1. The van der Waals surface area contributed by atoms with Crippen LogP contribution in [0.1, 0.15) is 9.67 Å². The van der Waals surface area contributed by atoms with Crippen LogP contribution in [-0.4, -0.2) is 50.5 Å². The molecule has 1 aromatic heterocycles. The highest BCUT2D eigenvalue weighted by Crippen LogP contribution is 2.22. The molecule has 0 bridgehead atoms. The van der Waals surface area contributed by atoms with Crippen molar-refractivity contribution in [3.8, 4) is 0 Å². The first-order valence-electron chi connectivity index (χ1n) is 4.64.